The van der Waals surface area contributed by atoms with Crippen LogP contribution in [0.15, 0.2) is 52.4 Å². The van der Waals surface area contributed by atoms with Crippen molar-refractivity contribution >= 4 is 33.4 Å². The maximum absolute atomic E-state index is 12.7. The molecule has 2 aromatic rings. The summed E-state index contributed by atoms with van der Waals surface area (Å²) in [6, 6.07) is 11.4. The predicted octanol–water partition coefficient (Wildman–Crippen LogP) is 3.11. The van der Waals surface area contributed by atoms with Gasteiger partial charge in [0.25, 0.3) is 15.9 Å². The summed E-state index contributed by atoms with van der Waals surface area (Å²) in [7, 11) is -3.83. The third-order valence-electron chi connectivity index (χ3n) is 4.97. The van der Waals surface area contributed by atoms with Crippen LogP contribution in [0.4, 0.5) is 5.69 Å². The zero-order valence-corrected chi connectivity index (χ0v) is 20.1. The van der Waals surface area contributed by atoms with Gasteiger partial charge in [-0.2, -0.15) is 0 Å². The number of hydrogen-bond donors (Lipinski definition) is 2. The van der Waals surface area contributed by atoms with E-state index in [0.29, 0.717) is 24.6 Å². The van der Waals surface area contributed by atoms with Crippen molar-refractivity contribution in [1.82, 2.24) is 4.72 Å². The summed E-state index contributed by atoms with van der Waals surface area (Å²) >= 11 is 0. The van der Waals surface area contributed by atoms with Crippen molar-refractivity contribution in [1.29, 1.82) is 0 Å². The van der Waals surface area contributed by atoms with Crippen LogP contribution in [0, 0.1) is 13.8 Å². The van der Waals surface area contributed by atoms with Gasteiger partial charge in [0.05, 0.1) is 4.90 Å². The van der Waals surface area contributed by atoms with Crippen molar-refractivity contribution in [3.63, 3.8) is 0 Å². The van der Waals surface area contributed by atoms with Gasteiger partial charge >= 0.3 is 5.97 Å². The van der Waals surface area contributed by atoms with Crippen LogP contribution in [0.5, 0.6) is 5.75 Å². The molecule has 0 aromatic heterocycles. The Kier molecular flexibility index (Phi) is 8.64. The van der Waals surface area contributed by atoms with E-state index >= 15 is 0 Å². The van der Waals surface area contributed by atoms with E-state index in [-0.39, 0.29) is 17.2 Å². The fraction of sp³-hybridized carbons (Fsp3) is 0.375. The van der Waals surface area contributed by atoms with Gasteiger partial charge in [-0.15, -0.1) is 0 Å². The number of carbonyl (C=O) groups is 2. The Hall–Kier alpha value is -3.40. The number of sulfonamides is 1. The Morgan fingerprint density at radius 2 is 1.76 bits per heavy atom. The van der Waals surface area contributed by atoms with Crippen LogP contribution < -0.4 is 14.8 Å². The summed E-state index contributed by atoms with van der Waals surface area (Å²) in [5.41, 5.74) is 2.27. The molecule has 1 amide bonds. The number of benzene rings is 2. The maximum Gasteiger partial charge on any atom is 0.344 e. The molecule has 1 aliphatic heterocycles. The zero-order valence-electron chi connectivity index (χ0n) is 19.3. The summed E-state index contributed by atoms with van der Waals surface area (Å²) in [4.78, 5) is 28.4. The van der Waals surface area contributed by atoms with Gasteiger partial charge in [-0.05, 0) is 68.1 Å². The highest BCUT2D eigenvalue weighted by Crippen LogP contribution is 2.17. The number of anilines is 1. The van der Waals surface area contributed by atoms with Gasteiger partial charge in [0.2, 0.25) is 0 Å². The summed E-state index contributed by atoms with van der Waals surface area (Å²) in [5.74, 6) is -0.309. The number of carbonyl (C=O) groups excluding carboxylic acids is 2. The van der Waals surface area contributed by atoms with Crippen molar-refractivity contribution in [2.75, 3.05) is 25.1 Å². The van der Waals surface area contributed by atoms with Gasteiger partial charge in [0, 0.05) is 18.7 Å². The topological polar surface area (TPSA) is 123 Å². The molecule has 1 heterocycles. The molecular formula is C24H29N3O6S. The molecule has 10 heteroatoms. The summed E-state index contributed by atoms with van der Waals surface area (Å²) < 4.78 is 38.3. The molecule has 0 atom stereocenters. The summed E-state index contributed by atoms with van der Waals surface area (Å²) in [6.07, 6.45) is 3.41. The lowest BCUT2D eigenvalue weighted by molar-refractivity contribution is -0.149. The fourth-order valence-corrected chi connectivity index (χ4v) is 4.59. The van der Waals surface area contributed by atoms with Crippen LogP contribution in [0.3, 0.4) is 0 Å². The SMILES string of the molecule is Cc1cc(C)cc(OCC(=O)OCC(=O)Nc2cccc(S(=O)(=O)NC3=NCCCCC3)c2)c1. The van der Waals surface area contributed by atoms with Crippen molar-refractivity contribution in [3.05, 3.63) is 53.6 Å². The number of amidine groups is 1. The largest absolute Gasteiger partial charge is 0.482 e. The van der Waals surface area contributed by atoms with E-state index in [1.165, 1.54) is 18.2 Å². The lowest BCUT2D eigenvalue weighted by atomic mass is 10.1. The Labute approximate surface area is 199 Å². The van der Waals surface area contributed by atoms with Crippen LogP contribution in [0.1, 0.15) is 36.8 Å². The molecule has 182 valence electrons. The van der Waals surface area contributed by atoms with Gasteiger partial charge in [-0.3, -0.25) is 14.5 Å². The maximum atomic E-state index is 12.7. The number of amides is 1. The minimum Gasteiger partial charge on any atom is -0.482 e. The second-order valence-electron chi connectivity index (χ2n) is 8.09. The molecule has 9 nitrogen and oxygen atoms in total. The van der Waals surface area contributed by atoms with E-state index in [1.54, 1.807) is 18.2 Å². The first-order chi connectivity index (χ1) is 16.2. The molecule has 0 saturated carbocycles. The van der Waals surface area contributed by atoms with Crippen LogP contribution in [0.25, 0.3) is 0 Å². The number of esters is 1. The molecule has 0 saturated heterocycles. The molecule has 0 unspecified atom stereocenters. The van der Waals surface area contributed by atoms with Gasteiger partial charge < -0.3 is 14.8 Å². The zero-order chi connectivity index (χ0) is 24.6. The highest BCUT2D eigenvalue weighted by molar-refractivity contribution is 7.90. The highest BCUT2D eigenvalue weighted by Gasteiger charge is 2.18. The molecule has 0 aliphatic carbocycles. The third kappa shape index (κ3) is 7.87. The Bertz CT molecular complexity index is 1160. The minimum atomic E-state index is -3.83. The van der Waals surface area contributed by atoms with Gasteiger partial charge in [-0.1, -0.05) is 18.6 Å². The van der Waals surface area contributed by atoms with E-state index < -0.39 is 28.5 Å². The average molecular weight is 488 g/mol. The van der Waals surface area contributed by atoms with Crippen molar-refractivity contribution in [2.24, 2.45) is 4.99 Å². The lowest BCUT2D eigenvalue weighted by Gasteiger charge is -2.12. The standard InChI is InChI=1S/C24H29N3O6S/c1-17-11-18(2)13-20(12-17)32-16-24(29)33-15-23(28)26-19-7-6-8-21(14-19)34(30,31)27-22-9-4-3-5-10-25-22/h6-8,11-14H,3-5,9-10,15-16H2,1-2H3,(H,25,27)(H,26,28). The highest BCUT2D eigenvalue weighted by atomic mass is 32.2. The van der Waals surface area contributed by atoms with E-state index in [4.69, 9.17) is 9.47 Å². The third-order valence-corrected chi connectivity index (χ3v) is 6.35. The molecule has 0 fully saturated rings. The number of ether oxygens (including phenoxy) is 2. The quantitative estimate of drug-likeness (QED) is 0.552. The first-order valence-corrected chi connectivity index (χ1v) is 12.5. The normalized spacial score (nSPS) is 13.9. The van der Waals surface area contributed by atoms with Crippen LogP contribution >= 0.6 is 0 Å². The molecule has 0 bridgehead atoms. The van der Waals surface area contributed by atoms with Crippen molar-refractivity contribution in [3.8, 4) is 5.75 Å². The Balaban J connectivity index is 1.50. The molecule has 34 heavy (non-hydrogen) atoms. The summed E-state index contributed by atoms with van der Waals surface area (Å²) in [6.45, 7) is 3.58. The van der Waals surface area contributed by atoms with Crippen molar-refractivity contribution < 1.29 is 27.5 Å². The number of aryl methyl sites for hydroxylation is 2. The molecule has 3 rings (SSSR count). The number of nitrogens with one attached hydrogen (secondary N) is 2. The molecule has 1 aliphatic rings. The first-order valence-electron chi connectivity index (χ1n) is 11.0. The molecule has 2 aromatic carbocycles. The van der Waals surface area contributed by atoms with Gasteiger partial charge in [0.15, 0.2) is 13.2 Å². The van der Waals surface area contributed by atoms with Gasteiger partial charge in [-0.25, -0.2) is 13.2 Å². The molecule has 2 N–H and O–H groups in total. The molecular weight excluding hydrogens is 458 g/mol. The lowest BCUT2D eigenvalue weighted by Crippen LogP contribution is -2.30. The van der Waals surface area contributed by atoms with E-state index in [2.05, 4.69) is 15.0 Å². The second-order valence-corrected chi connectivity index (χ2v) is 9.78. The predicted molar refractivity (Wildman–Crippen MR) is 129 cm³/mol. The van der Waals surface area contributed by atoms with Crippen LogP contribution in [-0.2, 0) is 24.3 Å². The van der Waals surface area contributed by atoms with E-state index in [9.17, 15) is 18.0 Å². The molecule has 0 spiro atoms. The summed E-state index contributed by atoms with van der Waals surface area (Å²) in [5, 5.41) is 2.53. The Morgan fingerprint density at radius 3 is 2.53 bits per heavy atom. The van der Waals surface area contributed by atoms with E-state index in [1.807, 2.05) is 19.9 Å². The number of hydrogen-bond acceptors (Lipinski definition) is 7. The fourth-order valence-electron chi connectivity index (χ4n) is 3.46. The van der Waals surface area contributed by atoms with E-state index in [0.717, 1.165) is 30.4 Å². The average Bonchev–Trinajstić information content (AvgIpc) is 3.04. The number of rotatable bonds is 8. The monoisotopic (exact) mass is 487 g/mol. The van der Waals surface area contributed by atoms with Crippen molar-refractivity contribution in [2.45, 2.75) is 44.4 Å². The molecule has 0 radical (unpaired) electrons. The Morgan fingerprint density at radius 1 is 1.00 bits per heavy atom. The first kappa shape index (κ1) is 25.2. The van der Waals surface area contributed by atoms with Crippen LogP contribution in [-0.4, -0.2) is 45.9 Å². The second kappa shape index (κ2) is 11.6. The minimum absolute atomic E-state index is 0.00362. The van der Waals surface area contributed by atoms with Crippen LogP contribution in [0.2, 0.25) is 0 Å². The number of nitrogens with zero attached hydrogens (tertiary/aromatic N) is 1. The smallest absolute Gasteiger partial charge is 0.344 e. The van der Waals surface area contributed by atoms with Gasteiger partial charge in [0.1, 0.15) is 11.6 Å². The number of aliphatic imine (C=N–C) groups is 1.